The van der Waals surface area contributed by atoms with E-state index in [4.69, 9.17) is 4.74 Å². The average molecular weight is 469 g/mol. The molecule has 0 bridgehead atoms. The lowest BCUT2D eigenvalue weighted by atomic mass is 10.0. The molecule has 0 radical (unpaired) electrons. The molecule has 0 aromatic carbocycles. The number of ether oxygens (including phenoxy) is 1. The zero-order valence-corrected chi connectivity index (χ0v) is 18.4. The molecular weight excluding hydrogens is 447 g/mol. The lowest BCUT2D eigenvalue weighted by Crippen LogP contribution is -2.48. The van der Waals surface area contributed by atoms with Crippen molar-refractivity contribution < 1.29 is 22.7 Å². The standard InChI is InChI=1S/C24H22F3N5O2/c1-14-5-6-18(21-28-8-3-9-29-21)20(31-14)23(33)32-12-16-10-15(16)11-17(32)13-34-22-19(24(25,26)27)4-2-7-30-22/h2-9,15-17H,10-13H2,1H3/t15-,16+,17+/m1/s1. The number of carbonyl (C=O) groups is 1. The van der Waals surface area contributed by atoms with Crippen molar-refractivity contribution in [2.75, 3.05) is 13.2 Å². The van der Waals surface area contributed by atoms with Gasteiger partial charge in [-0.1, -0.05) is 0 Å². The maximum absolute atomic E-state index is 13.7. The molecular formula is C24H22F3N5O2. The third-order valence-corrected chi connectivity index (χ3v) is 6.31. The molecule has 3 aromatic heterocycles. The number of fused-ring (bicyclic) bond motifs is 1. The van der Waals surface area contributed by atoms with Crippen molar-refractivity contribution in [3.8, 4) is 17.3 Å². The molecule has 1 aliphatic heterocycles. The van der Waals surface area contributed by atoms with Crippen molar-refractivity contribution in [2.45, 2.75) is 32.0 Å². The second-order valence-electron chi connectivity index (χ2n) is 8.69. The third-order valence-electron chi connectivity index (χ3n) is 6.31. The molecule has 4 heterocycles. The van der Waals surface area contributed by atoms with Gasteiger partial charge < -0.3 is 9.64 Å². The normalized spacial score (nSPS) is 21.6. The second kappa shape index (κ2) is 8.66. The number of likely N-dealkylation sites (tertiary alicyclic amines) is 1. The first kappa shape index (κ1) is 22.2. The zero-order valence-electron chi connectivity index (χ0n) is 18.4. The van der Waals surface area contributed by atoms with Gasteiger partial charge in [-0.15, -0.1) is 0 Å². The summed E-state index contributed by atoms with van der Waals surface area (Å²) in [6, 6.07) is 7.00. The van der Waals surface area contributed by atoms with Crippen LogP contribution in [0.2, 0.25) is 0 Å². The largest absolute Gasteiger partial charge is 0.475 e. The van der Waals surface area contributed by atoms with E-state index in [2.05, 4.69) is 19.9 Å². The number of halogens is 3. The van der Waals surface area contributed by atoms with Gasteiger partial charge >= 0.3 is 6.18 Å². The van der Waals surface area contributed by atoms with E-state index in [1.807, 2.05) is 0 Å². The van der Waals surface area contributed by atoms with E-state index >= 15 is 0 Å². The Hall–Kier alpha value is -3.56. The molecule has 5 rings (SSSR count). The first-order valence-corrected chi connectivity index (χ1v) is 11.0. The predicted octanol–water partition coefficient (Wildman–Crippen LogP) is 4.19. The summed E-state index contributed by atoms with van der Waals surface area (Å²) in [5, 5.41) is 0. The first-order valence-electron chi connectivity index (χ1n) is 11.0. The lowest BCUT2D eigenvalue weighted by Gasteiger charge is -2.35. The Morgan fingerprint density at radius 3 is 2.59 bits per heavy atom. The van der Waals surface area contributed by atoms with Gasteiger partial charge in [-0.25, -0.2) is 19.9 Å². The maximum Gasteiger partial charge on any atom is 0.421 e. The highest BCUT2D eigenvalue weighted by Gasteiger charge is 2.48. The van der Waals surface area contributed by atoms with Gasteiger partial charge in [0.25, 0.3) is 5.91 Å². The molecule has 2 fully saturated rings. The smallest absolute Gasteiger partial charge is 0.421 e. The summed E-state index contributed by atoms with van der Waals surface area (Å²) < 4.78 is 45.6. The summed E-state index contributed by atoms with van der Waals surface area (Å²) in [4.78, 5) is 32.2. The summed E-state index contributed by atoms with van der Waals surface area (Å²) in [6.07, 6.45) is 1.51. The van der Waals surface area contributed by atoms with Crippen LogP contribution in [-0.2, 0) is 6.18 Å². The summed E-state index contributed by atoms with van der Waals surface area (Å²) >= 11 is 0. The van der Waals surface area contributed by atoms with Crippen molar-refractivity contribution in [1.82, 2.24) is 24.8 Å². The molecule has 1 amide bonds. The Labute approximate surface area is 194 Å². The highest BCUT2D eigenvalue weighted by atomic mass is 19.4. The highest BCUT2D eigenvalue weighted by molar-refractivity contribution is 5.98. The van der Waals surface area contributed by atoms with Crippen LogP contribution >= 0.6 is 0 Å². The number of hydrogen-bond donors (Lipinski definition) is 0. The SMILES string of the molecule is Cc1ccc(-c2ncccn2)c(C(=O)N2C[C@@H]3C[C@@H]3C[C@H]2COc2ncccc2C(F)(F)F)n1. The average Bonchev–Trinajstić information content (AvgIpc) is 3.60. The summed E-state index contributed by atoms with van der Waals surface area (Å²) in [5.74, 6) is 0.443. The van der Waals surface area contributed by atoms with Gasteiger partial charge in [0.05, 0.1) is 11.6 Å². The van der Waals surface area contributed by atoms with E-state index in [1.165, 1.54) is 12.3 Å². The molecule has 2 aliphatic rings. The third kappa shape index (κ3) is 4.44. The van der Waals surface area contributed by atoms with Gasteiger partial charge in [-0.05, 0) is 61.9 Å². The van der Waals surface area contributed by atoms with Crippen LogP contribution in [0.4, 0.5) is 13.2 Å². The maximum atomic E-state index is 13.7. The molecule has 3 aromatic rings. The van der Waals surface area contributed by atoms with Crippen molar-refractivity contribution >= 4 is 5.91 Å². The number of piperidine rings is 1. The zero-order chi connectivity index (χ0) is 23.9. The van der Waals surface area contributed by atoms with Crippen molar-refractivity contribution in [1.29, 1.82) is 0 Å². The predicted molar refractivity (Wildman–Crippen MR) is 116 cm³/mol. The Balaban J connectivity index is 1.42. The molecule has 7 nitrogen and oxygen atoms in total. The molecule has 0 N–H and O–H groups in total. The fraction of sp³-hybridized carbons (Fsp3) is 0.375. The molecule has 10 heteroatoms. The molecule has 1 saturated heterocycles. The van der Waals surface area contributed by atoms with Crippen LogP contribution in [-0.4, -0.2) is 49.9 Å². The van der Waals surface area contributed by atoms with Gasteiger partial charge in [-0.3, -0.25) is 4.79 Å². The van der Waals surface area contributed by atoms with Crippen LogP contribution in [0, 0.1) is 18.8 Å². The number of carbonyl (C=O) groups excluding carboxylic acids is 1. The van der Waals surface area contributed by atoms with Gasteiger partial charge in [0.15, 0.2) is 5.82 Å². The monoisotopic (exact) mass is 469 g/mol. The van der Waals surface area contributed by atoms with Gasteiger partial charge in [0.2, 0.25) is 5.88 Å². The van der Waals surface area contributed by atoms with Crippen molar-refractivity contribution in [3.05, 3.63) is 65.9 Å². The number of hydrogen-bond acceptors (Lipinski definition) is 6. The number of aryl methyl sites for hydroxylation is 1. The quantitative estimate of drug-likeness (QED) is 0.558. The van der Waals surface area contributed by atoms with Crippen LogP contribution in [0.1, 0.15) is 34.6 Å². The molecule has 3 atom stereocenters. The summed E-state index contributed by atoms with van der Waals surface area (Å²) in [6.45, 7) is 2.22. The lowest BCUT2D eigenvalue weighted by molar-refractivity contribution is -0.139. The minimum absolute atomic E-state index is 0.0853. The van der Waals surface area contributed by atoms with Crippen LogP contribution < -0.4 is 4.74 Å². The molecule has 0 spiro atoms. The fourth-order valence-corrected chi connectivity index (χ4v) is 4.48. The Kier molecular flexibility index (Phi) is 5.66. The number of pyridine rings is 2. The van der Waals surface area contributed by atoms with Crippen LogP contribution in [0.15, 0.2) is 48.9 Å². The van der Waals surface area contributed by atoms with E-state index in [9.17, 15) is 18.0 Å². The molecule has 0 unspecified atom stereocenters. The van der Waals surface area contributed by atoms with Crippen LogP contribution in [0.25, 0.3) is 11.4 Å². The minimum atomic E-state index is -4.58. The first-order chi connectivity index (χ1) is 16.3. The highest BCUT2D eigenvalue weighted by Crippen LogP contribution is 2.47. The Bertz CT molecular complexity index is 1200. The molecule has 176 valence electrons. The fourth-order valence-electron chi connectivity index (χ4n) is 4.48. The van der Waals surface area contributed by atoms with E-state index < -0.39 is 23.7 Å². The van der Waals surface area contributed by atoms with E-state index in [-0.39, 0.29) is 18.2 Å². The van der Waals surface area contributed by atoms with Crippen LogP contribution in [0.5, 0.6) is 5.88 Å². The van der Waals surface area contributed by atoms with Gasteiger partial charge in [0.1, 0.15) is 17.9 Å². The number of aromatic nitrogens is 4. The van der Waals surface area contributed by atoms with E-state index in [0.29, 0.717) is 41.9 Å². The topological polar surface area (TPSA) is 81.1 Å². The number of amides is 1. The van der Waals surface area contributed by atoms with Gasteiger partial charge in [0, 0.05) is 30.8 Å². The van der Waals surface area contributed by atoms with Gasteiger partial charge in [-0.2, -0.15) is 13.2 Å². The number of alkyl halides is 3. The summed E-state index contributed by atoms with van der Waals surface area (Å²) in [5.41, 5.74) is 0.472. The Morgan fingerprint density at radius 2 is 1.82 bits per heavy atom. The van der Waals surface area contributed by atoms with Crippen molar-refractivity contribution in [3.63, 3.8) is 0 Å². The van der Waals surface area contributed by atoms with E-state index in [0.717, 1.165) is 12.5 Å². The van der Waals surface area contributed by atoms with Crippen LogP contribution in [0.3, 0.4) is 0 Å². The second-order valence-corrected chi connectivity index (χ2v) is 8.69. The summed E-state index contributed by atoms with van der Waals surface area (Å²) in [7, 11) is 0. The number of nitrogens with zero attached hydrogens (tertiary/aromatic N) is 5. The molecule has 1 aliphatic carbocycles. The van der Waals surface area contributed by atoms with Crippen molar-refractivity contribution in [2.24, 2.45) is 11.8 Å². The Morgan fingerprint density at radius 1 is 1.06 bits per heavy atom. The van der Waals surface area contributed by atoms with E-state index in [1.54, 1.807) is 42.4 Å². The minimum Gasteiger partial charge on any atom is -0.475 e. The number of rotatable bonds is 5. The molecule has 1 saturated carbocycles. The molecule has 34 heavy (non-hydrogen) atoms.